The average molecular weight is 284 g/mol. The molecule has 1 aromatic heterocycles. The van der Waals surface area contributed by atoms with Crippen molar-refractivity contribution >= 4 is 38.7 Å². The van der Waals surface area contributed by atoms with Gasteiger partial charge in [0.2, 0.25) is 0 Å². The van der Waals surface area contributed by atoms with Gasteiger partial charge in [-0.1, -0.05) is 6.07 Å². The van der Waals surface area contributed by atoms with Crippen LogP contribution in [-0.2, 0) is 14.4 Å². The number of amides is 2. The lowest BCUT2D eigenvalue weighted by atomic mass is 10.4. The highest BCUT2D eigenvalue weighted by Gasteiger charge is 2.33. The van der Waals surface area contributed by atoms with Crippen molar-refractivity contribution in [2.75, 3.05) is 0 Å². The van der Waals surface area contributed by atoms with Crippen molar-refractivity contribution in [3.63, 3.8) is 0 Å². The quantitative estimate of drug-likeness (QED) is 0.620. The van der Waals surface area contributed by atoms with Crippen molar-refractivity contribution in [1.29, 1.82) is 0 Å². The van der Waals surface area contributed by atoms with Gasteiger partial charge in [0.1, 0.15) is 5.03 Å². The number of imide groups is 1. The van der Waals surface area contributed by atoms with Crippen LogP contribution >= 0.6 is 21.6 Å². The third-order valence-corrected chi connectivity index (χ3v) is 3.88. The average Bonchev–Trinajstić information content (AvgIpc) is 2.69. The summed E-state index contributed by atoms with van der Waals surface area (Å²) in [7, 11) is 1.86. The third kappa shape index (κ3) is 3.23. The van der Waals surface area contributed by atoms with E-state index in [1.54, 1.807) is 24.4 Å². The van der Waals surface area contributed by atoms with E-state index in [-0.39, 0.29) is 12.8 Å². The maximum Gasteiger partial charge on any atom is 0.403 e. The molecule has 0 saturated carbocycles. The summed E-state index contributed by atoms with van der Waals surface area (Å²) in [5, 5.41) is 0.432. The molecular weight excluding hydrogens is 276 g/mol. The molecule has 0 bridgehead atoms. The number of hydroxylamine groups is 2. The highest BCUT2D eigenvalue weighted by Crippen LogP contribution is 2.31. The van der Waals surface area contributed by atoms with Crippen LogP contribution in [0.2, 0.25) is 0 Å². The SMILES string of the molecule is O=C(ON1C(=O)CCC1=O)SSc1ccccn1. The number of aromatic nitrogens is 1. The van der Waals surface area contributed by atoms with Gasteiger partial charge in [0.15, 0.2) is 0 Å². The monoisotopic (exact) mass is 284 g/mol. The largest absolute Gasteiger partial charge is 0.403 e. The first-order valence-corrected chi connectivity index (χ1v) is 7.15. The predicted molar refractivity (Wildman–Crippen MR) is 65.3 cm³/mol. The Morgan fingerprint density at radius 1 is 1.28 bits per heavy atom. The van der Waals surface area contributed by atoms with E-state index in [1.807, 2.05) is 0 Å². The standard InChI is InChI=1S/C10H8N2O4S2/c13-8-4-5-9(14)12(8)16-10(15)18-17-7-3-1-2-6-11-7/h1-3,6H,4-5H2. The molecule has 18 heavy (non-hydrogen) atoms. The van der Waals surface area contributed by atoms with Gasteiger partial charge in [-0.05, 0) is 22.9 Å². The summed E-state index contributed by atoms with van der Waals surface area (Å²) in [5.74, 6) is -0.978. The molecule has 0 atom stereocenters. The summed E-state index contributed by atoms with van der Waals surface area (Å²) in [5.41, 5.74) is 0. The van der Waals surface area contributed by atoms with Gasteiger partial charge < -0.3 is 4.84 Å². The molecule has 0 spiro atoms. The van der Waals surface area contributed by atoms with Gasteiger partial charge in [0.05, 0.1) is 0 Å². The summed E-state index contributed by atoms with van der Waals surface area (Å²) >= 11 is 0. The number of hydrogen-bond donors (Lipinski definition) is 0. The second kappa shape index (κ2) is 5.87. The topological polar surface area (TPSA) is 76.6 Å². The summed E-state index contributed by atoms with van der Waals surface area (Å²) in [6.07, 6.45) is 1.77. The van der Waals surface area contributed by atoms with Gasteiger partial charge in [0, 0.05) is 29.8 Å². The number of pyridine rings is 1. The first-order chi connectivity index (χ1) is 8.66. The molecule has 1 fully saturated rings. The van der Waals surface area contributed by atoms with Gasteiger partial charge in [-0.3, -0.25) is 9.59 Å². The Hall–Kier alpha value is -1.54. The van der Waals surface area contributed by atoms with Crippen molar-refractivity contribution < 1.29 is 19.2 Å². The molecule has 8 heteroatoms. The normalized spacial score (nSPS) is 15.0. The van der Waals surface area contributed by atoms with Crippen LogP contribution in [0.1, 0.15) is 12.8 Å². The van der Waals surface area contributed by atoms with Gasteiger partial charge in [-0.15, -0.1) is 5.06 Å². The first kappa shape index (κ1) is 12.9. The van der Waals surface area contributed by atoms with E-state index in [0.717, 1.165) is 21.6 Å². The lowest BCUT2D eigenvalue weighted by Gasteiger charge is -2.11. The predicted octanol–water partition coefficient (Wildman–Crippen LogP) is 2.02. The Bertz CT molecular complexity index is 464. The second-order valence-electron chi connectivity index (χ2n) is 3.26. The third-order valence-electron chi connectivity index (χ3n) is 2.00. The summed E-state index contributed by atoms with van der Waals surface area (Å²) in [6.45, 7) is 0. The molecule has 1 aliphatic rings. The maximum absolute atomic E-state index is 11.4. The Morgan fingerprint density at radius 2 is 2.00 bits per heavy atom. The molecule has 1 aliphatic heterocycles. The minimum Gasteiger partial charge on any atom is -0.318 e. The molecule has 0 N–H and O–H groups in total. The molecule has 0 aliphatic carbocycles. The summed E-state index contributed by atoms with van der Waals surface area (Å²) in [4.78, 5) is 42.5. The number of nitrogens with zero attached hydrogens (tertiary/aromatic N) is 2. The van der Waals surface area contributed by atoms with Crippen LogP contribution in [0.15, 0.2) is 29.4 Å². The summed E-state index contributed by atoms with van der Waals surface area (Å²) < 4.78 is 0. The fourth-order valence-electron chi connectivity index (χ4n) is 1.22. The molecule has 6 nitrogen and oxygen atoms in total. The highest BCUT2D eigenvalue weighted by atomic mass is 33.1. The Kier molecular flexibility index (Phi) is 4.21. The minimum atomic E-state index is -0.728. The van der Waals surface area contributed by atoms with Crippen LogP contribution in [0.4, 0.5) is 4.79 Å². The smallest absolute Gasteiger partial charge is 0.318 e. The van der Waals surface area contributed by atoms with E-state index >= 15 is 0 Å². The zero-order valence-electron chi connectivity index (χ0n) is 9.07. The zero-order chi connectivity index (χ0) is 13.0. The molecule has 2 heterocycles. The Labute approximate surface area is 110 Å². The fourth-order valence-corrected chi connectivity index (χ4v) is 2.56. The van der Waals surface area contributed by atoms with E-state index in [9.17, 15) is 14.4 Å². The van der Waals surface area contributed by atoms with Gasteiger partial charge in [-0.2, -0.15) is 0 Å². The molecule has 94 valence electrons. The van der Waals surface area contributed by atoms with Crippen LogP contribution in [-0.4, -0.2) is 27.2 Å². The van der Waals surface area contributed by atoms with E-state index < -0.39 is 17.1 Å². The first-order valence-electron chi connectivity index (χ1n) is 5.00. The van der Waals surface area contributed by atoms with Gasteiger partial charge >= 0.3 is 5.30 Å². The van der Waals surface area contributed by atoms with Crippen molar-refractivity contribution in [3.05, 3.63) is 24.4 Å². The van der Waals surface area contributed by atoms with Crippen LogP contribution in [0, 0.1) is 0 Å². The lowest BCUT2D eigenvalue weighted by molar-refractivity contribution is -0.169. The lowest BCUT2D eigenvalue weighted by Crippen LogP contribution is -2.30. The van der Waals surface area contributed by atoms with Crippen molar-refractivity contribution in [2.45, 2.75) is 17.9 Å². The van der Waals surface area contributed by atoms with Crippen LogP contribution in [0.3, 0.4) is 0 Å². The molecule has 2 amide bonds. The molecule has 0 unspecified atom stereocenters. The fraction of sp³-hybridized carbons (Fsp3) is 0.200. The van der Waals surface area contributed by atoms with E-state index in [1.165, 1.54) is 0 Å². The zero-order valence-corrected chi connectivity index (χ0v) is 10.7. The molecule has 0 radical (unpaired) electrons. The van der Waals surface area contributed by atoms with Gasteiger partial charge in [0.25, 0.3) is 11.8 Å². The van der Waals surface area contributed by atoms with E-state index in [0.29, 0.717) is 10.1 Å². The van der Waals surface area contributed by atoms with E-state index in [4.69, 9.17) is 0 Å². The molecule has 1 saturated heterocycles. The number of carbonyl (C=O) groups is 3. The molecule has 1 aromatic rings. The number of hydrogen-bond acceptors (Lipinski definition) is 7. The number of rotatable bonds is 3. The molecule has 0 aromatic carbocycles. The van der Waals surface area contributed by atoms with Crippen LogP contribution in [0.5, 0.6) is 0 Å². The van der Waals surface area contributed by atoms with Gasteiger partial charge in [-0.25, -0.2) is 9.78 Å². The molecular formula is C10H8N2O4S2. The minimum absolute atomic E-state index is 0.0875. The Balaban J connectivity index is 1.82. The highest BCUT2D eigenvalue weighted by molar-refractivity contribution is 8.82. The summed E-state index contributed by atoms with van der Waals surface area (Å²) in [6, 6.07) is 5.28. The molecule has 2 rings (SSSR count). The number of carbonyl (C=O) groups excluding carboxylic acids is 3. The van der Waals surface area contributed by atoms with E-state index in [2.05, 4.69) is 9.82 Å². The maximum atomic E-state index is 11.4. The van der Waals surface area contributed by atoms with Crippen molar-refractivity contribution in [3.8, 4) is 0 Å². The van der Waals surface area contributed by atoms with Crippen LogP contribution in [0.25, 0.3) is 0 Å². The second-order valence-corrected chi connectivity index (χ2v) is 5.34. The van der Waals surface area contributed by atoms with Crippen LogP contribution < -0.4 is 0 Å². The van der Waals surface area contributed by atoms with Crippen molar-refractivity contribution in [2.24, 2.45) is 0 Å². The Morgan fingerprint density at radius 3 is 2.61 bits per heavy atom. The van der Waals surface area contributed by atoms with Crippen molar-refractivity contribution in [1.82, 2.24) is 10.0 Å².